The van der Waals surface area contributed by atoms with E-state index in [4.69, 9.17) is 0 Å². The Morgan fingerprint density at radius 3 is 2.42 bits per heavy atom. The Labute approximate surface area is 145 Å². The molecule has 0 spiro atoms. The van der Waals surface area contributed by atoms with Gasteiger partial charge < -0.3 is 10.6 Å². The Kier molecular flexibility index (Phi) is 5.54. The van der Waals surface area contributed by atoms with E-state index in [1.54, 1.807) is 0 Å². The van der Waals surface area contributed by atoms with Gasteiger partial charge in [-0.05, 0) is 44.9 Å². The second kappa shape index (κ2) is 7.64. The van der Waals surface area contributed by atoms with Crippen LogP contribution >= 0.6 is 0 Å². The van der Waals surface area contributed by atoms with Crippen molar-refractivity contribution in [1.29, 1.82) is 0 Å². The van der Waals surface area contributed by atoms with Gasteiger partial charge in [-0.25, -0.2) is 0 Å². The molecule has 0 aliphatic carbocycles. The molecule has 1 amide bonds. The van der Waals surface area contributed by atoms with Gasteiger partial charge in [0.05, 0.1) is 6.54 Å². The number of aryl methyl sites for hydroxylation is 3. The zero-order valence-corrected chi connectivity index (χ0v) is 15.2. The molecule has 2 saturated heterocycles. The summed E-state index contributed by atoms with van der Waals surface area (Å²) in [4.78, 5) is 17.3. The van der Waals surface area contributed by atoms with Crippen LogP contribution in [0.3, 0.4) is 0 Å². The SMILES string of the molecule is Cc1cc(C)c(NC(=O)CN2CCN(C3CCNC3)CC2)c(C)c1. The maximum absolute atomic E-state index is 12.4. The van der Waals surface area contributed by atoms with E-state index in [-0.39, 0.29) is 5.91 Å². The molecule has 2 heterocycles. The second-order valence-corrected chi connectivity index (χ2v) is 7.28. The van der Waals surface area contributed by atoms with Crippen molar-refractivity contribution >= 4 is 11.6 Å². The van der Waals surface area contributed by atoms with Crippen molar-refractivity contribution in [1.82, 2.24) is 15.1 Å². The van der Waals surface area contributed by atoms with Gasteiger partial charge in [-0.3, -0.25) is 14.6 Å². The maximum Gasteiger partial charge on any atom is 0.238 e. The number of anilines is 1. The normalized spacial score (nSPS) is 22.7. The Hall–Kier alpha value is -1.43. The Bertz CT molecular complexity index is 564. The molecule has 0 aromatic heterocycles. The lowest BCUT2D eigenvalue weighted by Gasteiger charge is -2.37. The van der Waals surface area contributed by atoms with E-state index in [2.05, 4.69) is 53.3 Å². The molecule has 1 aromatic carbocycles. The van der Waals surface area contributed by atoms with Crippen molar-refractivity contribution < 1.29 is 4.79 Å². The summed E-state index contributed by atoms with van der Waals surface area (Å²) in [5.41, 5.74) is 4.49. The summed E-state index contributed by atoms with van der Waals surface area (Å²) in [6.45, 7) is 13.1. The zero-order valence-electron chi connectivity index (χ0n) is 15.2. The first-order chi connectivity index (χ1) is 11.5. The van der Waals surface area contributed by atoms with Crippen LogP contribution in [0.25, 0.3) is 0 Å². The first-order valence-electron chi connectivity index (χ1n) is 9.08. The molecule has 0 bridgehead atoms. The Morgan fingerprint density at radius 2 is 1.83 bits per heavy atom. The van der Waals surface area contributed by atoms with Crippen LogP contribution in [0.15, 0.2) is 12.1 Å². The van der Waals surface area contributed by atoms with Crippen LogP contribution in [0.1, 0.15) is 23.1 Å². The third kappa shape index (κ3) is 4.15. The van der Waals surface area contributed by atoms with Gasteiger partial charge in [-0.1, -0.05) is 17.7 Å². The van der Waals surface area contributed by atoms with Crippen molar-refractivity contribution in [2.45, 2.75) is 33.2 Å². The molecule has 1 unspecified atom stereocenters. The van der Waals surface area contributed by atoms with E-state index in [0.717, 1.165) is 56.1 Å². The number of benzene rings is 1. The van der Waals surface area contributed by atoms with E-state index in [0.29, 0.717) is 12.6 Å². The minimum atomic E-state index is 0.0982. The number of hydrogen-bond donors (Lipinski definition) is 2. The molecule has 5 heteroatoms. The summed E-state index contributed by atoms with van der Waals surface area (Å²) < 4.78 is 0. The van der Waals surface area contributed by atoms with Crippen molar-refractivity contribution in [3.8, 4) is 0 Å². The molecule has 2 aliphatic rings. The molecule has 2 N–H and O–H groups in total. The molecular weight excluding hydrogens is 300 g/mol. The standard InChI is InChI=1S/C19H30N4O/c1-14-10-15(2)19(16(3)11-14)21-18(24)13-22-6-8-23(9-7-22)17-4-5-20-12-17/h10-11,17,20H,4-9,12-13H2,1-3H3,(H,21,24). The van der Waals surface area contributed by atoms with Crippen LogP contribution in [-0.4, -0.2) is 67.6 Å². The highest BCUT2D eigenvalue weighted by Gasteiger charge is 2.26. The monoisotopic (exact) mass is 330 g/mol. The first kappa shape index (κ1) is 17.4. The first-order valence-corrected chi connectivity index (χ1v) is 9.08. The highest BCUT2D eigenvalue weighted by Crippen LogP contribution is 2.22. The number of hydrogen-bond acceptors (Lipinski definition) is 4. The fourth-order valence-electron chi connectivity index (χ4n) is 4.00. The predicted octanol–water partition coefficient (Wildman–Crippen LogP) is 1.53. The smallest absolute Gasteiger partial charge is 0.238 e. The minimum absolute atomic E-state index is 0.0982. The van der Waals surface area contributed by atoms with Crippen LogP contribution < -0.4 is 10.6 Å². The van der Waals surface area contributed by atoms with Gasteiger partial charge in [0, 0.05) is 44.5 Å². The lowest BCUT2D eigenvalue weighted by Crippen LogP contribution is -2.52. The molecule has 3 rings (SSSR count). The summed E-state index contributed by atoms with van der Waals surface area (Å²) in [6, 6.07) is 4.94. The highest BCUT2D eigenvalue weighted by molar-refractivity contribution is 5.93. The average molecular weight is 330 g/mol. The maximum atomic E-state index is 12.4. The van der Waals surface area contributed by atoms with Crippen LogP contribution in [0.5, 0.6) is 0 Å². The summed E-state index contributed by atoms with van der Waals surface area (Å²) >= 11 is 0. The van der Waals surface area contributed by atoms with Crippen LogP contribution in [0.2, 0.25) is 0 Å². The van der Waals surface area contributed by atoms with Crippen molar-refractivity contribution in [3.63, 3.8) is 0 Å². The largest absolute Gasteiger partial charge is 0.324 e. The number of nitrogens with one attached hydrogen (secondary N) is 2. The lowest BCUT2D eigenvalue weighted by atomic mass is 10.1. The van der Waals surface area contributed by atoms with Gasteiger partial charge in [-0.15, -0.1) is 0 Å². The number of piperazine rings is 1. The number of rotatable bonds is 4. The lowest BCUT2D eigenvalue weighted by molar-refractivity contribution is -0.117. The Balaban J connectivity index is 1.49. The zero-order chi connectivity index (χ0) is 17.1. The molecule has 24 heavy (non-hydrogen) atoms. The molecule has 2 aliphatic heterocycles. The van der Waals surface area contributed by atoms with E-state index in [1.165, 1.54) is 12.0 Å². The molecule has 2 fully saturated rings. The van der Waals surface area contributed by atoms with E-state index < -0.39 is 0 Å². The van der Waals surface area contributed by atoms with E-state index in [1.807, 2.05) is 0 Å². The minimum Gasteiger partial charge on any atom is -0.324 e. The highest BCUT2D eigenvalue weighted by atomic mass is 16.2. The fourth-order valence-corrected chi connectivity index (χ4v) is 4.00. The molecule has 0 radical (unpaired) electrons. The van der Waals surface area contributed by atoms with Crippen molar-refractivity contribution in [2.75, 3.05) is 51.1 Å². The third-order valence-corrected chi connectivity index (χ3v) is 5.27. The third-order valence-electron chi connectivity index (χ3n) is 5.27. The molecule has 1 atom stereocenters. The Morgan fingerprint density at radius 1 is 1.17 bits per heavy atom. The summed E-state index contributed by atoms with van der Waals surface area (Å²) in [6.07, 6.45) is 1.26. The van der Waals surface area contributed by atoms with Gasteiger partial charge >= 0.3 is 0 Å². The average Bonchev–Trinajstić information content (AvgIpc) is 3.06. The number of carbonyl (C=O) groups excluding carboxylic acids is 1. The summed E-state index contributed by atoms with van der Waals surface area (Å²) in [5.74, 6) is 0.0982. The summed E-state index contributed by atoms with van der Waals surface area (Å²) in [7, 11) is 0. The topological polar surface area (TPSA) is 47.6 Å². The molecule has 132 valence electrons. The van der Waals surface area contributed by atoms with E-state index in [9.17, 15) is 4.79 Å². The fraction of sp³-hybridized carbons (Fsp3) is 0.632. The predicted molar refractivity (Wildman–Crippen MR) is 98.6 cm³/mol. The van der Waals surface area contributed by atoms with Gasteiger partial charge in [0.1, 0.15) is 0 Å². The molecule has 5 nitrogen and oxygen atoms in total. The van der Waals surface area contributed by atoms with Gasteiger partial charge in [0.15, 0.2) is 0 Å². The second-order valence-electron chi connectivity index (χ2n) is 7.28. The number of amides is 1. The quantitative estimate of drug-likeness (QED) is 0.879. The van der Waals surface area contributed by atoms with Crippen LogP contribution in [-0.2, 0) is 4.79 Å². The molecular formula is C19H30N4O. The molecule has 0 saturated carbocycles. The van der Waals surface area contributed by atoms with Crippen molar-refractivity contribution in [3.05, 3.63) is 28.8 Å². The number of nitrogens with zero attached hydrogens (tertiary/aromatic N) is 2. The van der Waals surface area contributed by atoms with Gasteiger partial charge in [0.25, 0.3) is 0 Å². The van der Waals surface area contributed by atoms with E-state index >= 15 is 0 Å². The van der Waals surface area contributed by atoms with Crippen LogP contribution in [0.4, 0.5) is 5.69 Å². The van der Waals surface area contributed by atoms with Crippen molar-refractivity contribution in [2.24, 2.45) is 0 Å². The van der Waals surface area contributed by atoms with Gasteiger partial charge in [-0.2, -0.15) is 0 Å². The van der Waals surface area contributed by atoms with Gasteiger partial charge in [0.2, 0.25) is 5.91 Å². The van der Waals surface area contributed by atoms with Crippen LogP contribution in [0, 0.1) is 20.8 Å². The molecule has 1 aromatic rings. The summed E-state index contributed by atoms with van der Waals surface area (Å²) in [5, 5.41) is 6.55. The number of carbonyl (C=O) groups is 1.